The molecule has 1 saturated heterocycles. The smallest absolute Gasteiger partial charge is 0.282 e. The first-order valence-corrected chi connectivity index (χ1v) is 7.52. The van der Waals surface area contributed by atoms with Crippen LogP contribution in [0.5, 0.6) is 11.5 Å². The number of hydrazine groups is 1. The minimum absolute atomic E-state index is 0.0452. The average Bonchev–Trinajstić information content (AvgIpc) is 3.15. The van der Waals surface area contributed by atoms with Gasteiger partial charge in [-0.25, -0.2) is 5.01 Å². The van der Waals surface area contributed by atoms with Crippen LogP contribution in [0.25, 0.3) is 6.08 Å². The number of carbonyl (C=O) groups is 2. The van der Waals surface area contributed by atoms with Crippen LogP contribution in [0, 0.1) is 0 Å². The maximum Gasteiger partial charge on any atom is 0.282 e. The van der Waals surface area contributed by atoms with Crippen LogP contribution in [0.3, 0.4) is 0 Å². The summed E-state index contributed by atoms with van der Waals surface area (Å²) in [5.41, 5.74) is 3.80. The zero-order valence-electron chi connectivity index (χ0n) is 12.3. The van der Waals surface area contributed by atoms with Gasteiger partial charge in [-0.3, -0.25) is 15.0 Å². The van der Waals surface area contributed by atoms with Gasteiger partial charge in [0.05, 0.1) is 5.69 Å². The predicted molar refractivity (Wildman–Crippen MR) is 87.6 cm³/mol. The summed E-state index contributed by atoms with van der Waals surface area (Å²) in [6.45, 7) is 0.166. The van der Waals surface area contributed by atoms with Gasteiger partial charge in [0.15, 0.2) is 11.5 Å². The van der Waals surface area contributed by atoms with Crippen LogP contribution in [0.1, 0.15) is 5.56 Å². The molecule has 0 bridgehead atoms. The van der Waals surface area contributed by atoms with E-state index in [1.807, 2.05) is 0 Å². The van der Waals surface area contributed by atoms with Crippen LogP contribution in [-0.2, 0) is 9.59 Å². The van der Waals surface area contributed by atoms with E-state index < -0.39 is 11.8 Å². The number of nitrogens with zero attached hydrogens (tertiary/aromatic N) is 1. The van der Waals surface area contributed by atoms with E-state index in [1.54, 1.807) is 42.5 Å². The number of amides is 2. The Morgan fingerprint density at radius 2 is 1.79 bits per heavy atom. The number of benzene rings is 2. The lowest BCUT2D eigenvalue weighted by Crippen LogP contribution is -2.35. The molecule has 4 rings (SSSR count). The Kier molecular flexibility index (Phi) is 3.39. The van der Waals surface area contributed by atoms with Gasteiger partial charge < -0.3 is 9.47 Å². The van der Waals surface area contributed by atoms with E-state index in [9.17, 15) is 9.59 Å². The normalized spacial score (nSPS) is 17.5. The molecule has 2 aromatic rings. The van der Waals surface area contributed by atoms with E-state index in [0.717, 1.165) is 0 Å². The number of ether oxygens (including phenoxy) is 2. The van der Waals surface area contributed by atoms with Crippen LogP contribution >= 0.6 is 11.6 Å². The first-order valence-electron chi connectivity index (χ1n) is 7.14. The Labute approximate surface area is 142 Å². The summed E-state index contributed by atoms with van der Waals surface area (Å²) in [5, 5.41) is 1.74. The highest BCUT2D eigenvalue weighted by Gasteiger charge is 2.34. The quantitative estimate of drug-likeness (QED) is 0.672. The monoisotopic (exact) mass is 342 g/mol. The number of rotatable bonds is 2. The zero-order chi connectivity index (χ0) is 16.7. The van der Waals surface area contributed by atoms with Gasteiger partial charge in [0.2, 0.25) is 6.79 Å². The summed E-state index contributed by atoms with van der Waals surface area (Å²) in [7, 11) is 0. The van der Waals surface area contributed by atoms with Gasteiger partial charge in [-0.1, -0.05) is 17.7 Å². The van der Waals surface area contributed by atoms with Crippen molar-refractivity contribution in [1.29, 1.82) is 0 Å². The van der Waals surface area contributed by atoms with Gasteiger partial charge in [-0.05, 0) is 48.0 Å². The lowest BCUT2D eigenvalue weighted by molar-refractivity contribution is -0.117. The summed E-state index contributed by atoms with van der Waals surface area (Å²) in [5.74, 6) is 0.333. The molecule has 2 aromatic carbocycles. The maximum atomic E-state index is 12.5. The molecule has 2 aliphatic heterocycles. The SMILES string of the molecule is O=C1NN(c2ccc(Cl)cc2)C(=O)/C1=C\c1ccc2c(c1)OCO2. The molecule has 1 N–H and O–H groups in total. The molecule has 0 unspecified atom stereocenters. The molecule has 0 radical (unpaired) electrons. The van der Waals surface area contributed by atoms with Crippen molar-refractivity contribution in [3.63, 3.8) is 0 Å². The van der Waals surface area contributed by atoms with Crippen molar-refractivity contribution in [3.05, 3.63) is 58.6 Å². The Balaban J connectivity index is 1.65. The molecule has 0 spiro atoms. The van der Waals surface area contributed by atoms with Crippen molar-refractivity contribution in [1.82, 2.24) is 5.43 Å². The molecule has 2 aliphatic rings. The van der Waals surface area contributed by atoms with Gasteiger partial charge >= 0.3 is 0 Å². The van der Waals surface area contributed by atoms with E-state index in [2.05, 4.69) is 5.43 Å². The maximum absolute atomic E-state index is 12.5. The van der Waals surface area contributed by atoms with Crippen molar-refractivity contribution in [2.45, 2.75) is 0 Å². The van der Waals surface area contributed by atoms with Gasteiger partial charge in [0.1, 0.15) is 5.57 Å². The molecule has 7 heteroatoms. The zero-order valence-corrected chi connectivity index (χ0v) is 13.0. The summed E-state index contributed by atoms with van der Waals surface area (Å²) in [6.07, 6.45) is 1.52. The Morgan fingerprint density at radius 3 is 2.58 bits per heavy atom. The van der Waals surface area contributed by atoms with Crippen molar-refractivity contribution in [3.8, 4) is 11.5 Å². The third-order valence-corrected chi connectivity index (χ3v) is 3.94. The highest BCUT2D eigenvalue weighted by molar-refractivity contribution is 6.32. The molecule has 0 atom stereocenters. The van der Waals surface area contributed by atoms with Gasteiger partial charge in [0, 0.05) is 5.02 Å². The molecular weight excluding hydrogens is 332 g/mol. The molecule has 2 heterocycles. The fraction of sp³-hybridized carbons (Fsp3) is 0.0588. The topological polar surface area (TPSA) is 67.9 Å². The third-order valence-electron chi connectivity index (χ3n) is 3.68. The fourth-order valence-electron chi connectivity index (χ4n) is 2.50. The summed E-state index contributed by atoms with van der Waals surface area (Å²) >= 11 is 5.84. The van der Waals surface area contributed by atoms with Crippen molar-refractivity contribution >= 4 is 35.2 Å². The lowest BCUT2D eigenvalue weighted by atomic mass is 10.1. The number of nitrogens with one attached hydrogen (secondary N) is 1. The fourth-order valence-corrected chi connectivity index (χ4v) is 2.62. The lowest BCUT2D eigenvalue weighted by Gasteiger charge is -2.14. The summed E-state index contributed by atoms with van der Waals surface area (Å²) in [6, 6.07) is 11.8. The largest absolute Gasteiger partial charge is 0.454 e. The standard InChI is InChI=1S/C17H11ClN2O4/c18-11-2-4-12(5-3-11)20-17(22)13(16(21)19-20)7-10-1-6-14-15(8-10)24-9-23-14/h1-8H,9H2,(H,19,21)/b13-7-. The Bertz CT molecular complexity index is 877. The molecule has 0 saturated carbocycles. The molecule has 24 heavy (non-hydrogen) atoms. The van der Waals surface area contributed by atoms with E-state index in [-0.39, 0.29) is 12.4 Å². The van der Waals surface area contributed by atoms with Gasteiger partial charge in [-0.2, -0.15) is 0 Å². The first kappa shape index (κ1) is 14.6. The summed E-state index contributed by atoms with van der Waals surface area (Å²) in [4.78, 5) is 24.7. The van der Waals surface area contributed by atoms with E-state index in [4.69, 9.17) is 21.1 Å². The third kappa shape index (κ3) is 2.47. The van der Waals surface area contributed by atoms with Gasteiger partial charge in [-0.15, -0.1) is 0 Å². The van der Waals surface area contributed by atoms with Crippen LogP contribution in [0.15, 0.2) is 48.0 Å². The van der Waals surface area contributed by atoms with Crippen molar-refractivity contribution in [2.24, 2.45) is 0 Å². The number of hydrogen-bond donors (Lipinski definition) is 1. The second-order valence-electron chi connectivity index (χ2n) is 5.23. The van der Waals surface area contributed by atoms with Crippen LogP contribution in [0.4, 0.5) is 5.69 Å². The molecule has 0 aliphatic carbocycles. The number of carbonyl (C=O) groups excluding carboxylic acids is 2. The number of hydrogen-bond acceptors (Lipinski definition) is 4. The Morgan fingerprint density at radius 1 is 1.04 bits per heavy atom. The van der Waals surface area contributed by atoms with E-state index >= 15 is 0 Å². The molecular formula is C17H11ClN2O4. The predicted octanol–water partition coefficient (Wildman–Crippen LogP) is 2.53. The average molecular weight is 343 g/mol. The first-order chi connectivity index (χ1) is 11.6. The minimum atomic E-state index is -0.465. The van der Waals surface area contributed by atoms with Gasteiger partial charge in [0.25, 0.3) is 11.8 Å². The molecule has 2 amide bonds. The van der Waals surface area contributed by atoms with E-state index in [1.165, 1.54) is 11.1 Å². The van der Waals surface area contributed by atoms with Crippen LogP contribution in [0.2, 0.25) is 5.02 Å². The second kappa shape index (κ2) is 5.58. The molecule has 0 aromatic heterocycles. The number of halogens is 1. The number of fused-ring (bicyclic) bond motifs is 1. The van der Waals surface area contributed by atoms with Crippen LogP contribution < -0.4 is 19.9 Å². The molecule has 6 nitrogen and oxygen atoms in total. The van der Waals surface area contributed by atoms with Crippen molar-refractivity contribution < 1.29 is 19.1 Å². The second-order valence-corrected chi connectivity index (χ2v) is 5.67. The van der Waals surface area contributed by atoms with Crippen LogP contribution in [-0.4, -0.2) is 18.6 Å². The Hall–Kier alpha value is -2.99. The van der Waals surface area contributed by atoms with E-state index in [0.29, 0.717) is 27.8 Å². The molecule has 1 fully saturated rings. The highest BCUT2D eigenvalue weighted by atomic mass is 35.5. The number of anilines is 1. The van der Waals surface area contributed by atoms with Crippen molar-refractivity contribution in [2.75, 3.05) is 11.8 Å². The summed E-state index contributed by atoms with van der Waals surface area (Å²) < 4.78 is 10.5. The minimum Gasteiger partial charge on any atom is -0.454 e. The highest BCUT2D eigenvalue weighted by Crippen LogP contribution is 2.33. The molecule has 120 valence electrons.